The molecule has 4 heteroatoms. The summed E-state index contributed by atoms with van der Waals surface area (Å²) in [6, 6.07) is 16.6. The molecule has 0 amide bonds. The Hall–Kier alpha value is -2.49. The Balaban J connectivity index is 1.73. The molecule has 0 saturated heterocycles. The molecule has 4 rings (SSSR count). The molecule has 1 unspecified atom stereocenters. The van der Waals surface area contributed by atoms with Gasteiger partial charge in [0.1, 0.15) is 11.6 Å². The predicted octanol–water partition coefficient (Wildman–Crippen LogP) is 3.25. The Morgan fingerprint density at radius 3 is 2.86 bits per heavy atom. The highest BCUT2D eigenvalue weighted by molar-refractivity contribution is 5.91. The minimum Gasteiger partial charge on any atom is -0.497 e. The van der Waals surface area contributed by atoms with Crippen LogP contribution in [0.5, 0.6) is 5.75 Å². The average Bonchev–Trinajstić information content (AvgIpc) is 2.92. The molecule has 1 aliphatic heterocycles. The van der Waals surface area contributed by atoms with Crippen LogP contribution in [0.3, 0.4) is 0 Å². The molecule has 0 fully saturated rings. The summed E-state index contributed by atoms with van der Waals surface area (Å²) >= 11 is 0. The fourth-order valence-corrected chi connectivity index (χ4v) is 3.00. The van der Waals surface area contributed by atoms with E-state index in [-0.39, 0.29) is 0 Å². The molecule has 3 aromatic rings. The van der Waals surface area contributed by atoms with Crippen molar-refractivity contribution in [2.75, 3.05) is 19.0 Å². The molecule has 106 valence electrons. The molecule has 1 aliphatic rings. The Labute approximate surface area is 123 Å². The molecule has 2 heterocycles. The number of methoxy groups -OCH3 is 1. The van der Waals surface area contributed by atoms with Crippen LogP contribution in [0.2, 0.25) is 0 Å². The minimum atomic E-state index is 0.454. The molecule has 4 nitrogen and oxygen atoms in total. The van der Waals surface area contributed by atoms with E-state index in [4.69, 9.17) is 9.84 Å². The zero-order valence-corrected chi connectivity index (χ0v) is 11.9. The number of nitrogens with one attached hydrogen (secondary N) is 1. The van der Waals surface area contributed by atoms with Crippen molar-refractivity contribution in [1.29, 1.82) is 0 Å². The topological polar surface area (TPSA) is 39.1 Å². The van der Waals surface area contributed by atoms with Gasteiger partial charge in [-0.1, -0.05) is 30.3 Å². The van der Waals surface area contributed by atoms with Crippen LogP contribution in [-0.2, 0) is 6.54 Å². The Bertz CT molecular complexity index is 779. The summed E-state index contributed by atoms with van der Waals surface area (Å²) in [5.74, 6) is 2.41. The van der Waals surface area contributed by atoms with E-state index in [1.807, 2.05) is 18.2 Å². The molecule has 0 spiro atoms. The van der Waals surface area contributed by atoms with Gasteiger partial charge in [-0.15, -0.1) is 0 Å². The van der Waals surface area contributed by atoms with Crippen LogP contribution in [0.1, 0.15) is 11.5 Å². The van der Waals surface area contributed by atoms with Gasteiger partial charge in [-0.2, -0.15) is 5.10 Å². The first-order valence-corrected chi connectivity index (χ1v) is 7.18. The summed E-state index contributed by atoms with van der Waals surface area (Å²) in [7, 11) is 1.69. The van der Waals surface area contributed by atoms with E-state index in [1.165, 1.54) is 5.56 Å². The van der Waals surface area contributed by atoms with E-state index >= 15 is 0 Å². The maximum atomic E-state index is 5.31. The molecule has 1 N–H and O–H groups in total. The lowest BCUT2D eigenvalue weighted by Gasteiger charge is -2.25. The fraction of sp³-hybridized carbons (Fsp3) is 0.235. The zero-order valence-electron chi connectivity index (χ0n) is 11.9. The number of rotatable bonds is 2. The van der Waals surface area contributed by atoms with Gasteiger partial charge in [0, 0.05) is 17.8 Å². The Morgan fingerprint density at radius 1 is 1.19 bits per heavy atom. The minimum absolute atomic E-state index is 0.454. The highest BCUT2D eigenvalue weighted by Gasteiger charge is 2.22. The van der Waals surface area contributed by atoms with Crippen LogP contribution in [-0.4, -0.2) is 23.4 Å². The van der Waals surface area contributed by atoms with Gasteiger partial charge >= 0.3 is 0 Å². The van der Waals surface area contributed by atoms with Crippen LogP contribution < -0.4 is 10.1 Å². The van der Waals surface area contributed by atoms with Crippen LogP contribution in [0.4, 0.5) is 5.82 Å². The fourth-order valence-electron chi connectivity index (χ4n) is 3.00. The number of aromatic nitrogens is 2. The van der Waals surface area contributed by atoms with Gasteiger partial charge in [-0.05, 0) is 23.8 Å². The third-order valence-electron chi connectivity index (χ3n) is 4.13. The van der Waals surface area contributed by atoms with E-state index in [0.29, 0.717) is 5.92 Å². The van der Waals surface area contributed by atoms with Gasteiger partial charge in [0.25, 0.3) is 0 Å². The second kappa shape index (κ2) is 4.81. The van der Waals surface area contributed by atoms with Crippen molar-refractivity contribution in [2.45, 2.75) is 12.5 Å². The average molecular weight is 279 g/mol. The molecule has 0 bridgehead atoms. The molecule has 0 saturated carbocycles. The predicted molar refractivity (Wildman–Crippen MR) is 84.0 cm³/mol. The SMILES string of the molecule is COc1ccc2nn3c(c2c1)NCC(c1ccccc1)C3. The first-order valence-electron chi connectivity index (χ1n) is 7.18. The lowest BCUT2D eigenvalue weighted by atomic mass is 9.98. The molecule has 1 aromatic heterocycles. The number of nitrogens with zero attached hydrogens (tertiary/aromatic N) is 2. The molecule has 0 radical (unpaired) electrons. The quantitative estimate of drug-likeness (QED) is 0.782. The highest BCUT2D eigenvalue weighted by Crippen LogP contribution is 2.32. The lowest BCUT2D eigenvalue weighted by molar-refractivity contribution is 0.415. The van der Waals surface area contributed by atoms with Crippen molar-refractivity contribution in [3.63, 3.8) is 0 Å². The van der Waals surface area contributed by atoms with Crippen molar-refractivity contribution >= 4 is 16.7 Å². The Morgan fingerprint density at radius 2 is 2.05 bits per heavy atom. The number of benzene rings is 2. The monoisotopic (exact) mass is 279 g/mol. The molecular formula is C17H17N3O. The molecule has 0 aliphatic carbocycles. The van der Waals surface area contributed by atoms with E-state index in [2.05, 4.69) is 40.3 Å². The molecule has 2 aromatic carbocycles. The third kappa shape index (κ3) is 2.03. The second-order valence-corrected chi connectivity index (χ2v) is 5.40. The van der Waals surface area contributed by atoms with Crippen LogP contribution in [0.15, 0.2) is 48.5 Å². The summed E-state index contributed by atoms with van der Waals surface area (Å²) < 4.78 is 7.38. The second-order valence-electron chi connectivity index (χ2n) is 5.40. The van der Waals surface area contributed by atoms with Crippen molar-refractivity contribution < 1.29 is 4.74 Å². The van der Waals surface area contributed by atoms with Crippen molar-refractivity contribution in [3.8, 4) is 5.75 Å². The van der Waals surface area contributed by atoms with E-state index in [1.54, 1.807) is 7.11 Å². The molecule has 1 atom stereocenters. The van der Waals surface area contributed by atoms with Crippen molar-refractivity contribution in [3.05, 3.63) is 54.1 Å². The number of hydrogen-bond acceptors (Lipinski definition) is 3. The first kappa shape index (κ1) is 12.3. The van der Waals surface area contributed by atoms with Crippen LogP contribution >= 0.6 is 0 Å². The smallest absolute Gasteiger partial charge is 0.132 e. The van der Waals surface area contributed by atoms with E-state index in [0.717, 1.165) is 35.6 Å². The van der Waals surface area contributed by atoms with Crippen molar-refractivity contribution in [1.82, 2.24) is 9.78 Å². The van der Waals surface area contributed by atoms with Crippen LogP contribution in [0, 0.1) is 0 Å². The Kier molecular flexibility index (Phi) is 2.81. The maximum Gasteiger partial charge on any atom is 0.132 e. The van der Waals surface area contributed by atoms with Gasteiger partial charge in [0.2, 0.25) is 0 Å². The summed E-state index contributed by atoms with van der Waals surface area (Å²) in [4.78, 5) is 0. The van der Waals surface area contributed by atoms with E-state index in [9.17, 15) is 0 Å². The number of fused-ring (bicyclic) bond motifs is 3. The van der Waals surface area contributed by atoms with Gasteiger partial charge < -0.3 is 10.1 Å². The summed E-state index contributed by atoms with van der Waals surface area (Å²) in [5.41, 5.74) is 2.36. The standard InChI is InChI=1S/C17H17N3O/c1-21-14-7-8-16-15(9-14)17-18-10-13(11-20(17)19-16)12-5-3-2-4-6-12/h2-9,13,18H,10-11H2,1H3. The maximum absolute atomic E-state index is 5.31. The van der Waals surface area contributed by atoms with Crippen LogP contribution in [0.25, 0.3) is 10.9 Å². The summed E-state index contributed by atoms with van der Waals surface area (Å²) in [5, 5.41) is 9.36. The lowest BCUT2D eigenvalue weighted by Crippen LogP contribution is -2.26. The van der Waals surface area contributed by atoms with Gasteiger partial charge in [-0.25, -0.2) is 4.68 Å². The third-order valence-corrected chi connectivity index (χ3v) is 4.13. The summed E-state index contributed by atoms with van der Waals surface area (Å²) in [6.07, 6.45) is 0. The largest absolute Gasteiger partial charge is 0.497 e. The molecular weight excluding hydrogens is 262 g/mol. The number of hydrogen-bond donors (Lipinski definition) is 1. The van der Waals surface area contributed by atoms with Crippen molar-refractivity contribution in [2.24, 2.45) is 0 Å². The molecule has 21 heavy (non-hydrogen) atoms. The van der Waals surface area contributed by atoms with Gasteiger partial charge in [0.05, 0.1) is 19.2 Å². The summed E-state index contributed by atoms with van der Waals surface area (Å²) in [6.45, 7) is 1.84. The normalized spacial score (nSPS) is 17.3. The van der Waals surface area contributed by atoms with Gasteiger partial charge in [-0.3, -0.25) is 0 Å². The van der Waals surface area contributed by atoms with Gasteiger partial charge in [0.15, 0.2) is 0 Å². The number of anilines is 1. The first-order chi connectivity index (χ1) is 10.3. The zero-order chi connectivity index (χ0) is 14.2. The highest BCUT2D eigenvalue weighted by atomic mass is 16.5. The van der Waals surface area contributed by atoms with E-state index < -0.39 is 0 Å². The number of ether oxygens (including phenoxy) is 1.